The summed E-state index contributed by atoms with van der Waals surface area (Å²) >= 11 is 5.00. The molecule has 4 aliphatic heterocycles. The molecule has 5 rings (SSSR count). The van der Waals surface area contributed by atoms with Crippen LogP contribution in [-0.4, -0.2) is 67.4 Å². The van der Waals surface area contributed by atoms with E-state index in [4.69, 9.17) is 24.9 Å². The number of carbonyl (C=O) groups is 2. The van der Waals surface area contributed by atoms with Gasteiger partial charge in [-0.2, -0.15) is 0 Å². The van der Waals surface area contributed by atoms with Crippen LogP contribution in [0.5, 0.6) is 11.5 Å². The minimum Gasteiger partial charge on any atom is -0.454 e. The van der Waals surface area contributed by atoms with E-state index >= 15 is 0 Å². The standard InChI is InChI=1S/C28H36BrN7O5S/c1-27(2,3)41-26(38)34-28(4,5)24(37)35-9-6-16(7-10-35)8-11-36-14-31-22(30)21-23(36)33-25(32-21)42-20-13-19-18(12-17(20)29)39-15-40-19/h12-14,16H,6-11,15,30H2,1-5H3,(H,34,38). The van der Waals surface area contributed by atoms with E-state index < -0.39 is 17.2 Å². The van der Waals surface area contributed by atoms with E-state index in [2.05, 4.69) is 31.2 Å². The van der Waals surface area contributed by atoms with Gasteiger partial charge < -0.3 is 34.7 Å². The van der Waals surface area contributed by atoms with Crippen molar-refractivity contribution in [3.63, 3.8) is 0 Å². The number of benzene rings is 1. The van der Waals surface area contributed by atoms with Crippen LogP contribution in [0.4, 0.5) is 10.6 Å². The quantitative estimate of drug-likeness (QED) is 0.357. The van der Waals surface area contributed by atoms with Crippen LogP contribution < -0.4 is 20.5 Å². The number of amides is 2. The Balaban J connectivity index is 1.18. The largest absolute Gasteiger partial charge is 0.454 e. The fourth-order valence-electron chi connectivity index (χ4n) is 4.97. The third-order valence-corrected chi connectivity index (χ3v) is 8.97. The molecule has 4 aliphatic rings. The molecule has 0 aliphatic carbocycles. The Labute approximate surface area is 257 Å². The zero-order valence-corrected chi connectivity index (χ0v) is 26.8. The fourth-order valence-corrected chi connectivity index (χ4v) is 6.33. The molecule has 1 aromatic carbocycles. The number of piperidine rings is 1. The van der Waals surface area contributed by atoms with Crippen LogP contribution in [-0.2, 0) is 16.1 Å². The van der Waals surface area contributed by atoms with Gasteiger partial charge in [-0.25, -0.2) is 19.7 Å². The molecule has 0 atom stereocenters. The summed E-state index contributed by atoms with van der Waals surface area (Å²) < 4.78 is 19.1. The number of fused-ring (bicyclic) bond motifs is 2. The number of likely N-dealkylation sites (tertiary alicyclic amines) is 1. The van der Waals surface area contributed by atoms with Crippen LogP contribution in [0.2, 0.25) is 0 Å². The molecule has 0 spiro atoms. The Morgan fingerprint density at radius 1 is 1.14 bits per heavy atom. The van der Waals surface area contributed by atoms with Gasteiger partial charge in [-0.3, -0.25) is 4.79 Å². The van der Waals surface area contributed by atoms with Gasteiger partial charge in [0.25, 0.3) is 0 Å². The first-order chi connectivity index (χ1) is 19.8. The molecule has 4 heterocycles. The van der Waals surface area contributed by atoms with Gasteiger partial charge in [-0.05, 0) is 99.6 Å². The minimum atomic E-state index is -1.06. The second-order valence-corrected chi connectivity index (χ2v) is 13.9. The molecule has 0 saturated carbocycles. The molecule has 0 bridgehead atoms. The Bertz CT molecular complexity index is 1450. The van der Waals surface area contributed by atoms with Crippen molar-refractivity contribution < 1.29 is 23.8 Å². The van der Waals surface area contributed by atoms with Crippen molar-refractivity contribution in [3.8, 4) is 23.0 Å². The van der Waals surface area contributed by atoms with Crippen molar-refractivity contribution in [1.29, 1.82) is 0 Å². The van der Waals surface area contributed by atoms with Gasteiger partial charge in [0.05, 0.1) is 6.33 Å². The van der Waals surface area contributed by atoms with E-state index in [1.165, 1.54) is 11.8 Å². The van der Waals surface area contributed by atoms with Gasteiger partial charge in [0.15, 0.2) is 34.0 Å². The average Bonchev–Trinajstić information content (AvgIpc) is 3.54. The maximum absolute atomic E-state index is 13.2. The predicted molar refractivity (Wildman–Crippen MR) is 161 cm³/mol. The number of halogens is 1. The van der Waals surface area contributed by atoms with Crippen molar-refractivity contribution in [2.75, 3.05) is 25.6 Å². The van der Waals surface area contributed by atoms with E-state index in [0.29, 0.717) is 59.5 Å². The average molecular weight is 663 g/mol. The number of anilines is 1. The maximum Gasteiger partial charge on any atom is 0.408 e. The van der Waals surface area contributed by atoms with E-state index in [9.17, 15) is 9.59 Å². The summed E-state index contributed by atoms with van der Waals surface area (Å²) in [4.78, 5) is 42.0. The van der Waals surface area contributed by atoms with Crippen molar-refractivity contribution in [2.45, 2.75) is 81.6 Å². The van der Waals surface area contributed by atoms with Gasteiger partial charge in [0.1, 0.15) is 11.1 Å². The molecular formula is C28H36BrN7O5S. The first kappa shape index (κ1) is 30.2. The predicted octanol–water partition coefficient (Wildman–Crippen LogP) is 4.93. The molecule has 14 heteroatoms. The van der Waals surface area contributed by atoms with Crippen molar-refractivity contribution >= 4 is 45.5 Å². The minimum absolute atomic E-state index is 0.114. The molecule has 1 aromatic rings. The molecule has 12 nitrogen and oxygen atoms in total. The third-order valence-electron chi connectivity index (χ3n) is 7.13. The van der Waals surface area contributed by atoms with Crippen LogP contribution in [0.1, 0.15) is 53.9 Å². The lowest BCUT2D eigenvalue weighted by Crippen LogP contribution is -2.57. The molecule has 0 aromatic heterocycles. The maximum atomic E-state index is 13.2. The summed E-state index contributed by atoms with van der Waals surface area (Å²) in [5, 5.41) is 3.28. The van der Waals surface area contributed by atoms with E-state index in [0.717, 1.165) is 28.6 Å². The van der Waals surface area contributed by atoms with Gasteiger partial charge >= 0.3 is 6.09 Å². The number of nitrogen functional groups attached to an aromatic ring is 1. The van der Waals surface area contributed by atoms with Crippen molar-refractivity contribution in [3.05, 3.63) is 22.9 Å². The molecule has 1 fully saturated rings. The highest BCUT2D eigenvalue weighted by Crippen LogP contribution is 2.43. The lowest BCUT2D eigenvalue weighted by Gasteiger charge is -2.37. The highest BCUT2D eigenvalue weighted by Gasteiger charge is 2.36. The number of ether oxygens (including phenoxy) is 3. The number of alkyl carbamates (subject to hydrolysis) is 1. The Morgan fingerprint density at radius 2 is 1.83 bits per heavy atom. The normalized spacial score (nSPS) is 15.7. The SMILES string of the molecule is CC(C)(C)OC(=O)NC(C)(C)C(=O)N1CCC(CCn2cnc(N)c3nc(Sc4cc5c(cc4Br)OCO5)nc2-3)CC1. The van der Waals surface area contributed by atoms with Crippen molar-refractivity contribution in [2.24, 2.45) is 5.92 Å². The molecule has 3 N–H and O–H groups in total. The molecule has 0 unspecified atom stereocenters. The van der Waals surface area contributed by atoms with E-state index in [1.54, 1.807) is 40.9 Å². The number of imidazole rings is 1. The summed E-state index contributed by atoms with van der Waals surface area (Å²) in [5.74, 6) is 2.71. The summed E-state index contributed by atoms with van der Waals surface area (Å²) in [6, 6.07) is 3.78. The smallest absolute Gasteiger partial charge is 0.408 e. The van der Waals surface area contributed by atoms with Crippen LogP contribution >= 0.6 is 27.7 Å². The first-order valence-corrected chi connectivity index (χ1v) is 15.5. The molecular weight excluding hydrogens is 626 g/mol. The first-order valence-electron chi connectivity index (χ1n) is 13.8. The van der Waals surface area contributed by atoms with Gasteiger partial charge in [0.2, 0.25) is 12.7 Å². The highest BCUT2D eigenvalue weighted by atomic mass is 79.9. The van der Waals surface area contributed by atoms with Crippen LogP contribution in [0.3, 0.4) is 0 Å². The fraction of sp³-hybridized carbons (Fsp3) is 0.536. The van der Waals surface area contributed by atoms with Gasteiger partial charge in [0, 0.05) is 29.0 Å². The number of nitrogens with zero attached hydrogens (tertiary/aromatic N) is 5. The molecule has 42 heavy (non-hydrogen) atoms. The van der Waals surface area contributed by atoms with Gasteiger partial charge in [-0.15, -0.1) is 0 Å². The lowest BCUT2D eigenvalue weighted by atomic mass is 9.92. The summed E-state index contributed by atoms with van der Waals surface area (Å²) in [6.45, 7) is 10.9. The van der Waals surface area contributed by atoms with Crippen LogP contribution in [0, 0.1) is 5.92 Å². The van der Waals surface area contributed by atoms with Gasteiger partial charge in [-0.1, -0.05) is 0 Å². The number of nitrogens with one attached hydrogen (secondary N) is 1. The Hall–Kier alpha value is -3.26. The summed E-state index contributed by atoms with van der Waals surface area (Å²) in [5.41, 5.74) is 5.03. The Morgan fingerprint density at radius 3 is 2.52 bits per heavy atom. The summed E-state index contributed by atoms with van der Waals surface area (Å²) in [7, 11) is 0. The number of carbonyl (C=O) groups excluding carboxylic acids is 2. The number of aromatic nitrogens is 4. The summed E-state index contributed by atoms with van der Waals surface area (Å²) in [6.07, 6.45) is 3.74. The second-order valence-electron chi connectivity index (χ2n) is 12.0. The molecule has 226 valence electrons. The number of rotatable bonds is 7. The molecule has 0 radical (unpaired) electrons. The number of aryl methyl sites for hydroxylation is 1. The van der Waals surface area contributed by atoms with E-state index in [1.807, 2.05) is 21.6 Å². The van der Waals surface area contributed by atoms with Crippen LogP contribution in [0.25, 0.3) is 11.5 Å². The Kier molecular flexibility index (Phi) is 8.48. The van der Waals surface area contributed by atoms with E-state index in [-0.39, 0.29) is 12.7 Å². The lowest BCUT2D eigenvalue weighted by molar-refractivity contribution is -0.138. The number of nitrogens with two attached hydrogens (primary N) is 1. The second kappa shape index (κ2) is 11.8. The topological polar surface area (TPSA) is 147 Å². The van der Waals surface area contributed by atoms with Crippen molar-refractivity contribution in [1.82, 2.24) is 29.7 Å². The number of hydrogen-bond donors (Lipinski definition) is 2. The zero-order chi connectivity index (χ0) is 30.2. The third kappa shape index (κ3) is 6.86. The monoisotopic (exact) mass is 661 g/mol. The highest BCUT2D eigenvalue weighted by molar-refractivity contribution is 9.10. The number of hydrogen-bond acceptors (Lipinski definition) is 10. The molecule has 1 saturated heterocycles. The van der Waals surface area contributed by atoms with Crippen LogP contribution in [0.15, 0.2) is 33.0 Å². The zero-order valence-electron chi connectivity index (χ0n) is 24.4. The molecule has 2 amide bonds.